The molecule has 0 saturated carbocycles. The zero-order valence-corrected chi connectivity index (χ0v) is 15.1. The maximum absolute atomic E-state index is 12.5. The Bertz CT molecular complexity index is 808. The van der Waals surface area contributed by atoms with Crippen molar-refractivity contribution in [3.8, 4) is 11.5 Å². The third kappa shape index (κ3) is 3.88. The summed E-state index contributed by atoms with van der Waals surface area (Å²) < 4.78 is 35.7. The molecule has 0 amide bonds. The van der Waals surface area contributed by atoms with Gasteiger partial charge >= 0.3 is 10.1 Å². The summed E-state index contributed by atoms with van der Waals surface area (Å²) in [5, 5.41) is 9.46. The Hall–Kier alpha value is -2.05. The number of ether oxygens (including phenoxy) is 1. The van der Waals surface area contributed by atoms with Gasteiger partial charge in [-0.1, -0.05) is 31.5 Å². The second-order valence-corrected chi connectivity index (χ2v) is 7.41. The van der Waals surface area contributed by atoms with Crippen LogP contribution in [0.3, 0.4) is 0 Å². The summed E-state index contributed by atoms with van der Waals surface area (Å²) in [5.41, 5.74) is 2.12. The molecule has 0 aliphatic carbocycles. The lowest BCUT2D eigenvalue weighted by molar-refractivity contribution is 0.273. The smallest absolute Gasteiger partial charge is 0.339 e. The fourth-order valence-electron chi connectivity index (χ4n) is 2.33. The van der Waals surface area contributed by atoms with Crippen LogP contribution in [-0.4, -0.2) is 20.6 Å². The highest BCUT2D eigenvalue weighted by molar-refractivity contribution is 7.87. The fourth-order valence-corrected chi connectivity index (χ4v) is 3.27. The van der Waals surface area contributed by atoms with E-state index in [9.17, 15) is 13.5 Å². The molecule has 1 N–H and O–H groups in total. The van der Waals surface area contributed by atoms with Crippen molar-refractivity contribution in [3.05, 3.63) is 53.1 Å². The van der Waals surface area contributed by atoms with Crippen LogP contribution in [0.5, 0.6) is 11.5 Å². The van der Waals surface area contributed by atoms with Crippen molar-refractivity contribution in [2.75, 3.05) is 7.11 Å². The van der Waals surface area contributed by atoms with Gasteiger partial charge in [-0.3, -0.25) is 0 Å². The molecule has 2 rings (SSSR count). The maximum atomic E-state index is 12.5. The quantitative estimate of drug-likeness (QED) is 0.809. The van der Waals surface area contributed by atoms with E-state index < -0.39 is 10.1 Å². The summed E-state index contributed by atoms with van der Waals surface area (Å²) in [5.74, 6) is 0.728. The molecule has 130 valence electrons. The van der Waals surface area contributed by atoms with Crippen molar-refractivity contribution in [2.45, 2.75) is 38.2 Å². The van der Waals surface area contributed by atoms with E-state index in [1.54, 1.807) is 18.2 Å². The Morgan fingerprint density at radius 1 is 1.08 bits per heavy atom. The molecule has 0 fully saturated rings. The van der Waals surface area contributed by atoms with E-state index in [1.807, 2.05) is 20.8 Å². The van der Waals surface area contributed by atoms with Crippen LogP contribution in [0.15, 0.2) is 41.3 Å². The highest BCUT2D eigenvalue weighted by atomic mass is 32.2. The van der Waals surface area contributed by atoms with Crippen molar-refractivity contribution in [3.63, 3.8) is 0 Å². The Kier molecular flexibility index (Phi) is 5.51. The van der Waals surface area contributed by atoms with Gasteiger partial charge in [0.2, 0.25) is 0 Å². The van der Waals surface area contributed by atoms with E-state index in [-0.39, 0.29) is 23.2 Å². The van der Waals surface area contributed by atoms with Crippen LogP contribution in [0.1, 0.15) is 36.5 Å². The first kappa shape index (κ1) is 18.3. The molecule has 0 spiro atoms. The van der Waals surface area contributed by atoms with Gasteiger partial charge in [0.15, 0.2) is 0 Å². The number of methoxy groups -OCH3 is 1. The van der Waals surface area contributed by atoms with Crippen LogP contribution in [0, 0.1) is 6.92 Å². The predicted octanol–water partition coefficient (Wildman–Crippen LogP) is 3.39. The van der Waals surface area contributed by atoms with Gasteiger partial charge in [-0.15, -0.1) is 0 Å². The molecule has 0 aliphatic heterocycles. The number of hydrogen-bond donors (Lipinski definition) is 1. The minimum Gasteiger partial charge on any atom is -0.496 e. The van der Waals surface area contributed by atoms with E-state index in [0.29, 0.717) is 16.9 Å². The molecule has 0 radical (unpaired) electrons. The summed E-state index contributed by atoms with van der Waals surface area (Å²) >= 11 is 0. The van der Waals surface area contributed by atoms with Crippen LogP contribution in [0.25, 0.3) is 0 Å². The van der Waals surface area contributed by atoms with Crippen molar-refractivity contribution >= 4 is 10.1 Å². The summed E-state index contributed by atoms with van der Waals surface area (Å²) in [6.07, 6.45) is 0. The molecule has 0 saturated heterocycles. The SMILES string of the molecule is COc1cc(C(C)C)c(OS(=O)(=O)c2ccc(C)cc2)cc1CO. The number of aliphatic hydroxyl groups is 1. The third-order valence-corrected chi connectivity index (χ3v) is 4.96. The fraction of sp³-hybridized carbons (Fsp3) is 0.333. The van der Waals surface area contributed by atoms with Crippen molar-refractivity contribution < 1.29 is 22.4 Å². The summed E-state index contributed by atoms with van der Waals surface area (Å²) in [4.78, 5) is 0.0872. The van der Waals surface area contributed by atoms with Crippen molar-refractivity contribution in [2.24, 2.45) is 0 Å². The topological polar surface area (TPSA) is 72.8 Å². The van der Waals surface area contributed by atoms with Crippen LogP contribution >= 0.6 is 0 Å². The summed E-state index contributed by atoms with van der Waals surface area (Å²) in [7, 11) is -2.45. The van der Waals surface area contributed by atoms with Gasteiger partial charge in [-0.25, -0.2) is 0 Å². The van der Waals surface area contributed by atoms with E-state index in [1.165, 1.54) is 25.3 Å². The Morgan fingerprint density at radius 3 is 2.21 bits per heavy atom. The van der Waals surface area contributed by atoms with Crippen molar-refractivity contribution in [1.29, 1.82) is 0 Å². The summed E-state index contributed by atoms with van der Waals surface area (Å²) in [6, 6.07) is 9.67. The zero-order chi connectivity index (χ0) is 17.9. The van der Waals surface area contributed by atoms with Gasteiger partial charge in [0.05, 0.1) is 13.7 Å². The largest absolute Gasteiger partial charge is 0.496 e. The first-order valence-electron chi connectivity index (χ1n) is 7.61. The standard InChI is InChI=1S/C18H22O5S/c1-12(2)16-10-17(22-4)14(11-19)9-18(16)23-24(20,21)15-7-5-13(3)6-8-15/h5-10,12,19H,11H2,1-4H3. The first-order valence-corrected chi connectivity index (χ1v) is 9.02. The van der Waals surface area contributed by atoms with Crippen LogP contribution in [0.2, 0.25) is 0 Å². The van der Waals surface area contributed by atoms with Crippen molar-refractivity contribution in [1.82, 2.24) is 0 Å². The Balaban J connectivity index is 2.49. The predicted molar refractivity (Wildman–Crippen MR) is 92.0 cm³/mol. The lowest BCUT2D eigenvalue weighted by atomic mass is 9.99. The molecule has 0 bridgehead atoms. The van der Waals surface area contributed by atoms with Crippen LogP contribution in [0.4, 0.5) is 0 Å². The molecular formula is C18H22O5S. The molecule has 0 aliphatic rings. The highest BCUT2D eigenvalue weighted by Gasteiger charge is 2.21. The van der Waals surface area contributed by atoms with E-state index in [0.717, 1.165) is 5.56 Å². The summed E-state index contributed by atoms with van der Waals surface area (Å²) in [6.45, 7) is 5.46. The minimum atomic E-state index is -3.95. The number of aryl methyl sites for hydroxylation is 1. The number of aliphatic hydroxyl groups excluding tert-OH is 1. The first-order chi connectivity index (χ1) is 11.3. The molecule has 0 atom stereocenters. The van der Waals surface area contributed by atoms with Gasteiger partial charge in [0.1, 0.15) is 16.4 Å². The molecule has 0 unspecified atom stereocenters. The number of hydrogen-bond acceptors (Lipinski definition) is 5. The lowest BCUT2D eigenvalue weighted by Crippen LogP contribution is -2.12. The van der Waals surface area contributed by atoms with Gasteiger partial charge < -0.3 is 14.0 Å². The number of benzene rings is 2. The van der Waals surface area contributed by atoms with E-state index >= 15 is 0 Å². The van der Waals surface area contributed by atoms with E-state index in [2.05, 4.69) is 0 Å². The lowest BCUT2D eigenvalue weighted by Gasteiger charge is -2.17. The maximum Gasteiger partial charge on any atom is 0.339 e. The highest BCUT2D eigenvalue weighted by Crippen LogP contribution is 2.35. The molecule has 0 aromatic heterocycles. The molecule has 6 heteroatoms. The van der Waals surface area contributed by atoms with Crippen LogP contribution in [-0.2, 0) is 16.7 Å². The molecule has 2 aromatic carbocycles. The monoisotopic (exact) mass is 350 g/mol. The zero-order valence-electron chi connectivity index (χ0n) is 14.2. The average molecular weight is 350 g/mol. The molecule has 2 aromatic rings. The molecule has 0 heterocycles. The van der Waals surface area contributed by atoms with Gasteiger partial charge in [0.25, 0.3) is 0 Å². The Labute approximate surface area is 143 Å². The van der Waals surface area contributed by atoms with Gasteiger partial charge in [-0.2, -0.15) is 8.42 Å². The second kappa shape index (κ2) is 7.23. The third-order valence-electron chi connectivity index (χ3n) is 3.71. The van der Waals surface area contributed by atoms with E-state index in [4.69, 9.17) is 8.92 Å². The molecular weight excluding hydrogens is 328 g/mol. The normalized spacial score (nSPS) is 11.6. The van der Waals surface area contributed by atoms with Crippen LogP contribution < -0.4 is 8.92 Å². The number of rotatable bonds is 6. The van der Waals surface area contributed by atoms with Gasteiger partial charge in [0, 0.05) is 11.1 Å². The average Bonchev–Trinajstić information content (AvgIpc) is 2.54. The Morgan fingerprint density at radius 2 is 1.71 bits per heavy atom. The molecule has 24 heavy (non-hydrogen) atoms. The molecule has 5 nitrogen and oxygen atoms in total. The van der Waals surface area contributed by atoms with Gasteiger partial charge in [-0.05, 0) is 37.1 Å². The minimum absolute atomic E-state index is 0.0230. The second-order valence-electron chi connectivity index (χ2n) is 5.87.